The van der Waals surface area contributed by atoms with Gasteiger partial charge in [-0.1, -0.05) is 0 Å². The Morgan fingerprint density at radius 1 is 1.50 bits per heavy atom. The highest BCUT2D eigenvalue weighted by molar-refractivity contribution is 5.35. The molecule has 0 atom stereocenters. The van der Waals surface area contributed by atoms with Crippen LogP contribution in [0.3, 0.4) is 0 Å². The predicted octanol–water partition coefficient (Wildman–Crippen LogP) is 1.24. The van der Waals surface area contributed by atoms with E-state index in [1.165, 1.54) is 6.07 Å². The van der Waals surface area contributed by atoms with Crippen LogP contribution in [0.15, 0.2) is 6.07 Å². The molecule has 1 rings (SSSR count). The zero-order valence-electron chi connectivity index (χ0n) is 8.51. The van der Waals surface area contributed by atoms with Gasteiger partial charge in [0.2, 0.25) is 5.88 Å². The zero-order valence-corrected chi connectivity index (χ0v) is 8.51. The fraction of sp³-hybridized carbons (Fsp3) is 0.444. The molecule has 1 aromatic heterocycles. The highest BCUT2D eigenvalue weighted by atomic mass is 19.4. The minimum Gasteiger partial charge on any atom is -0.391 e. The minimum atomic E-state index is -4.84. The van der Waals surface area contributed by atoms with E-state index in [9.17, 15) is 13.2 Å². The van der Waals surface area contributed by atoms with Crippen molar-refractivity contribution in [1.82, 2.24) is 4.98 Å². The summed E-state index contributed by atoms with van der Waals surface area (Å²) in [5.74, 6) is -0.643. The molecule has 0 saturated carbocycles. The molecule has 0 radical (unpaired) electrons. The molecule has 7 heteroatoms. The highest BCUT2D eigenvalue weighted by Gasteiger charge is 2.33. The Labute approximate surface area is 89.9 Å². The van der Waals surface area contributed by atoms with E-state index < -0.39 is 18.8 Å². The van der Waals surface area contributed by atoms with E-state index in [-0.39, 0.29) is 17.8 Å². The van der Waals surface area contributed by atoms with Gasteiger partial charge in [0.05, 0.1) is 12.3 Å². The molecule has 16 heavy (non-hydrogen) atoms. The van der Waals surface area contributed by atoms with E-state index in [0.717, 1.165) is 0 Å². The number of nitrogens with two attached hydrogens (primary N) is 1. The number of hydrogen-bond acceptors (Lipinski definition) is 4. The monoisotopic (exact) mass is 236 g/mol. The summed E-state index contributed by atoms with van der Waals surface area (Å²) in [7, 11) is 0. The molecule has 0 fully saturated rings. The van der Waals surface area contributed by atoms with Crippen molar-refractivity contribution in [2.45, 2.75) is 26.4 Å². The van der Waals surface area contributed by atoms with Gasteiger partial charge in [0.1, 0.15) is 0 Å². The summed E-state index contributed by atoms with van der Waals surface area (Å²) in [6, 6.07) is 1.51. The maximum absolute atomic E-state index is 12.0. The van der Waals surface area contributed by atoms with Gasteiger partial charge in [-0.2, -0.15) is 0 Å². The van der Waals surface area contributed by atoms with Crippen LogP contribution in [-0.2, 0) is 13.2 Å². The number of aryl methyl sites for hydroxylation is 1. The number of aromatic nitrogens is 1. The zero-order chi connectivity index (χ0) is 12.3. The molecular weight excluding hydrogens is 225 g/mol. The molecule has 1 aromatic rings. The Balaban J connectivity index is 3.18. The van der Waals surface area contributed by atoms with E-state index in [1.807, 2.05) is 0 Å². The second kappa shape index (κ2) is 4.67. The fourth-order valence-corrected chi connectivity index (χ4v) is 1.23. The normalized spacial score (nSPS) is 11.6. The summed E-state index contributed by atoms with van der Waals surface area (Å²) in [6.45, 7) is 0.978. The first kappa shape index (κ1) is 12.7. The molecule has 0 saturated heterocycles. The van der Waals surface area contributed by atoms with Crippen molar-refractivity contribution in [3.05, 3.63) is 22.9 Å². The number of pyridine rings is 1. The van der Waals surface area contributed by atoms with Gasteiger partial charge in [0.15, 0.2) is 0 Å². The third kappa shape index (κ3) is 3.07. The largest absolute Gasteiger partial charge is 0.574 e. The Morgan fingerprint density at radius 3 is 2.56 bits per heavy atom. The molecule has 0 aliphatic carbocycles. The quantitative estimate of drug-likeness (QED) is 0.828. The van der Waals surface area contributed by atoms with Crippen LogP contribution in [0.5, 0.6) is 5.88 Å². The molecule has 0 bridgehead atoms. The van der Waals surface area contributed by atoms with Gasteiger partial charge in [0.25, 0.3) is 0 Å². The molecule has 1 heterocycles. The molecule has 0 amide bonds. The maximum atomic E-state index is 12.0. The molecule has 4 nitrogen and oxygen atoms in total. The molecule has 0 aliphatic heterocycles. The van der Waals surface area contributed by atoms with Crippen molar-refractivity contribution in [2.75, 3.05) is 0 Å². The Morgan fingerprint density at radius 2 is 2.12 bits per heavy atom. The lowest BCUT2D eigenvalue weighted by atomic mass is 10.1. The lowest BCUT2D eigenvalue weighted by Gasteiger charge is -2.14. The predicted molar refractivity (Wildman–Crippen MR) is 49.5 cm³/mol. The van der Waals surface area contributed by atoms with Gasteiger partial charge < -0.3 is 15.6 Å². The van der Waals surface area contributed by atoms with Gasteiger partial charge in [-0.15, -0.1) is 13.2 Å². The number of halogens is 3. The Hall–Kier alpha value is -1.34. The number of ether oxygens (including phenoxy) is 1. The summed E-state index contributed by atoms with van der Waals surface area (Å²) >= 11 is 0. The average molecular weight is 236 g/mol. The van der Waals surface area contributed by atoms with Gasteiger partial charge in [-0.25, -0.2) is 4.98 Å². The number of hydrogen-bond donors (Lipinski definition) is 2. The summed E-state index contributed by atoms with van der Waals surface area (Å²) < 4.78 is 39.9. The molecular formula is C9H11F3N2O2. The highest BCUT2D eigenvalue weighted by Crippen LogP contribution is 2.27. The maximum Gasteiger partial charge on any atom is 0.574 e. The summed E-state index contributed by atoms with van der Waals surface area (Å²) in [6.07, 6.45) is -4.84. The second-order valence-electron chi connectivity index (χ2n) is 3.12. The summed E-state index contributed by atoms with van der Waals surface area (Å²) in [4.78, 5) is 3.58. The average Bonchev–Trinajstić information content (AvgIpc) is 2.14. The van der Waals surface area contributed by atoms with E-state index in [1.54, 1.807) is 6.92 Å². The van der Waals surface area contributed by atoms with Crippen molar-refractivity contribution >= 4 is 0 Å². The van der Waals surface area contributed by atoms with Crippen LogP contribution in [0.25, 0.3) is 0 Å². The van der Waals surface area contributed by atoms with Crippen LogP contribution in [0.2, 0.25) is 0 Å². The molecule has 0 aromatic carbocycles. The van der Waals surface area contributed by atoms with Crippen LogP contribution in [0.4, 0.5) is 13.2 Å². The molecule has 0 aliphatic rings. The number of rotatable bonds is 3. The van der Waals surface area contributed by atoms with Gasteiger partial charge in [-0.3, -0.25) is 0 Å². The van der Waals surface area contributed by atoms with Crippen molar-refractivity contribution in [2.24, 2.45) is 5.73 Å². The van der Waals surface area contributed by atoms with Crippen LogP contribution >= 0.6 is 0 Å². The standard InChI is InChI=1S/C9H11F3N2O2/c1-5-2-6(3-13)14-8(7(5)4-15)16-9(10,11)12/h2,15H,3-4,13H2,1H3. The number of aliphatic hydroxyl groups is 1. The second-order valence-corrected chi connectivity index (χ2v) is 3.12. The van der Waals surface area contributed by atoms with Gasteiger partial charge in [-0.05, 0) is 18.6 Å². The van der Waals surface area contributed by atoms with Crippen molar-refractivity contribution < 1.29 is 23.0 Å². The number of alkyl halides is 3. The minimum absolute atomic E-state index is 0.000760. The fourth-order valence-electron chi connectivity index (χ4n) is 1.23. The molecule has 0 unspecified atom stereocenters. The lowest BCUT2D eigenvalue weighted by molar-refractivity contribution is -0.276. The van der Waals surface area contributed by atoms with Crippen LogP contribution < -0.4 is 10.5 Å². The van der Waals surface area contributed by atoms with Crippen molar-refractivity contribution in [1.29, 1.82) is 0 Å². The first-order valence-electron chi connectivity index (χ1n) is 4.43. The Kier molecular flexibility index (Phi) is 3.71. The summed E-state index contributed by atoms with van der Waals surface area (Å²) in [5.41, 5.74) is 6.02. The van der Waals surface area contributed by atoms with Gasteiger partial charge in [0, 0.05) is 12.1 Å². The van der Waals surface area contributed by atoms with E-state index in [0.29, 0.717) is 5.56 Å². The van der Waals surface area contributed by atoms with Crippen LogP contribution in [-0.4, -0.2) is 16.5 Å². The molecule has 90 valence electrons. The number of nitrogens with zero attached hydrogens (tertiary/aromatic N) is 1. The van der Waals surface area contributed by atoms with E-state index >= 15 is 0 Å². The third-order valence-electron chi connectivity index (χ3n) is 1.94. The topological polar surface area (TPSA) is 68.4 Å². The lowest BCUT2D eigenvalue weighted by Crippen LogP contribution is -2.20. The number of aliphatic hydroxyl groups excluding tert-OH is 1. The van der Waals surface area contributed by atoms with E-state index in [4.69, 9.17) is 10.8 Å². The van der Waals surface area contributed by atoms with Crippen molar-refractivity contribution in [3.63, 3.8) is 0 Å². The first-order valence-corrected chi connectivity index (χ1v) is 4.43. The smallest absolute Gasteiger partial charge is 0.391 e. The SMILES string of the molecule is Cc1cc(CN)nc(OC(F)(F)F)c1CO. The van der Waals surface area contributed by atoms with E-state index in [2.05, 4.69) is 9.72 Å². The third-order valence-corrected chi connectivity index (χ3v) is 1.94. The van der Waals surface area contributed by atoms with Crippen LogP contribution in [0.1, 0.15) is 16.8 Å². The van der Waals surface area contributed by atoms with Gasteiger partial charge >= 0.3 is 6.36 Å². The summed E-state index contributed by atoms with van der Waals surface area (Å²) in [5, 5.41) is 8.94. The van der Waals surface area contributed by atoms with Crippen molar-refractivity contribution in [3.8, 4) is 5.88 Å². The van der Waals surface area contributed by atoms with Crippen LogP contribution in [0, 0.1) is 6.92 Å². The molecule has 0 spiro atoms. The first-order chi connectivity index (χ1) is 7.37. The Bertz CT molecular complexity index is 380. The molecule has 3 N–H and O–H groups in total.